The largest absolute Gasteiger partial charge is 0.487 e. The number of hydrogen-bond acceptors (Lipinski definition) is 5. The van der Waals surface area contributed by atoms with Crippen LogP contribution in [0.3, 0.4) is 0 Å². The average Bonchev–Trinajstić information content (AvgIpc) is 2.87. The highest BCUT2D eigenvalue weighted by molar-refractivity contribution is 9.10. The molecule has 0 spiro atoms. The van der Waals surface area contributed by atoms with Crippen LogP contribution in [-0.2, 0) is 6.54 Å². The van der Waals surface area contributed by atoms with E-state index in [1.165, 1.54) is 0 Å². The summed E-state index contributed by atoms with van der Waals surface area (Å²) < 4.78 is 6.46. The minimum Gasteiger partial charge on any atom is -0.487 e. The van der Waals surface area contributed by atoms with Gasteiger partial charge in [-0.3, -0.25) is 10.1 Å². The van der Waals surface area contributed by atoms with E-state index in [1.807, 2.05) is 18.4 Å². The van der Waals surface area contributed by atoms with E-state index in [1.54, 1.807) is 29.5 Å². The van der Waals surface area contributed by atoms with E-state index in [2.05, 4.69) is 21.2 Å². The van der Waals surface area contributed by atoms with Crippen LogP contribution in [0.25, 0.3) is 0 Å². The van der Waals surface area contributed by atoms with Crippen molar-refractivity contribution in [1.82, 2.24) is 0 Å². The van der Waals surface area contributed by atoms with E-state index in [4.69, 9.17) is 4.74 Å². The molecule has 1 aromatic carbocycles. The van der Waals surface area contributed by atoms with Crippen molar-refractivity contribution < 1.29 is 9.66 Å². The molecule has 1 N–H and O–H groups in total. The Morgan fingerprint density at radius 2 is 2.24 bits per heavy atom. The second kappa shape index (κ2) is 7.42. The van der Waals surface area contributed by atoms with Gasteiger partial charge in [0.2, 0.25) is 0 Å². The molecule has 0 unspecified atom stereocenters. The predicted molar refractivity (Wildman–Crippen MR) is 88.2 cm³/mol. The number of halogens is 1. The van der Waals surface area contributed by atoms with Crippen molar-refractivity contribution in [2.24, 2.45) is 0 Å². The summed E-state index contributed by atoms with van der Waals surface area (Å²) in [5.74, 6) is 0.303. The molecule has 0 aliphatic rings. The lowest BCUT2D eigenvalue weighted by atomic mass is 10.2. The molecule has 0 bridgehead atoms. The van der Waals surface area contributed by atoms with E-state index in [9.17, 15) is 10.1 Å². The van der Waals surface area contributed by atoms with Gasteiger partial charge >= 0.3 is 5.69 Å². The number of nitro groups is 1. The molecule has 0 saturated heterocycles. The fourth-order valence-electron chi connectivity index (χ4n) is 1.81. The molecule has 0 aliphatic carbocycles. The molecule has 112 valence electrons. The predicted octanol–water partition coefficient (Wildman–Crippen LogP) is 4.82. The molecule has 0 amide bonds. The normalized spacial score (nSPS) is 10.4. The number of nitro benzene ring substituents is 1. The minimum absolute atomic E-state index is 0.0152. The zero-order valence-electron chi connectivity index (χ0n) is 11.5. The second-order valence-corrected chi connectivity index (χ2v) is 6.16. The van der Waals surface area contributed by atoms with Gasteiger partial charge in [0.05, 0.1) is 18.1 Å². The fourth-order valence-corrected chi connectivity index (χ4v) is 3.24. The van der Waals surface area contributed by atoms with Crippen molar-refractivity contribution in [3.63, 3.8) is 0 Å². The maximum Gasteiger partial charge on any atom is 0.333 e. The molecule has 0 atom stereocenters. The van der Waals surface area contributed by atoms with Crippen LogP contribution in [0.15, 0.2) is 34.1 Å². The van der Waals surface area contributed by atoms with Gasteiger partial charge in [-0.15, -0.1) is 11.3 Å². The Bertz CT molecular complexity index is 630. The maximum atomic E-state index is 11.3. The molecule has 1 heterocycles. The zero-order valence-corrected chi connectivity index (χ0v) is 13.9. The summed E-state index contributed by atoms with van der Waals surface area (Å²) in [6.45, 7) is 2.94. The van der Waals surface area contributed by atoms with Crippen molar-refractivity contribution in [3.05, 3.63) is 49.1 Å². The number of thiophene rings is 1. The SMILES string of the molecule is CCCOc1cccc(NCc2sccc2Br)c1[N+](=O)[O-]. The van der Waals surface area contributed by atoms with Gasteiger partial charge in [-0.05, 0) is 45.9 Å². The molecule has 1 aromatic heterocycles. The molecular weight excluding hydrogens is 356 g/mol. The van der Waals surface area contributed by atoms with Gasteiger partial charge in [0.1, 0.15) is 5.69 Å². The van der Waals surface area contributed by atoms with Crippen LogP contribution in [0.1, 0.15) is 18.2 Å². The van der Waals surface area contributed by atoms with Crippen LogP contribution in [0.4, 0.5) is 11.4 Å². The minimum atomic E-state index is -0.406. The lowest BCUT2D eigenvalue weighted by molar-refractivity contribution is -0.385. The molecule has 7 heteroatoms. The van der Waals surface area contributed by atoms with Crippen molar-refractivity contribution in [2.75, 3.05) is 11.9 Å². The van der Waals surface area contributed by atoms with Crippen LogP contribution >= 0.6 is 27.3 Å². The lowest BCUT2D eigenvalue weighted by Gasteiger charge is -2.10. The topological polar surface area (TPSA) is 64.4 Å². The quantitative estimate of drug-likeness (QED) is 0.560. The summed E-state index contributed by atoms with van der Waals surface area (Å²) in [7, 11) is 0. The third-order valence-corrected chi connectivity index (χ3v) is 4.70. The average molecular weight is 371 g/mol. The summed E-state index contributed by atoms with van der Waals surface area (Å²) in [5, 5.41) is 16.4. The van der Waals surface area contributed by atoms with E-state index in [0.29, 0.717) is 24.6 Å². The van der Waals surface area contributed by atoms with Crippen LogP contribution in [0.5, 0.6) is 5.75 Å². The fraction of sp³-hybridized carbons (Fsp3) is 0.286. The van der Waals surface area contributed by atoms with E-state index < -0.39 is 4.92 Å². The number of ether oxygens (including phenoxy) is 1. The molecule has 0 radical (unpaired) electrons. The van der Waals surface area contributed by atoms with E-state index in [0.717, 1.165) is 15.8 Å². The number of para-hydroxylation sites is 1. The Kier molecular flexibility index (Phi) is 5.58. The molecule has 0 aliphatic heterocycles. The van der Waals surface area contributed by atoms with Crippen molar-refractivity contribution in [2.45, 2.75) is 19.9 Å². The summed E-state index contributed by atoms with van der Waals surface area (Å²) >= 11 is 5.04. The van der Waals surface area contributed by atoms with Crippen LogP contribution in [-0.4, -0.2) is 11.5 Å². The van der Waals surface area contributed by atoms with Gasteiger partial charge in [-0.2, -0.15) is 0 Å². The molecule has 2 aromatic rings. The van der Waals surface area contributed by atoms with Gasteiger partial charge < -0.3 is 10.1 Å². The van der Waals surface area contributed by atoms with E-state index >= 15 is 0 Å². The van der Waals surface area contributed by atoms with E-state index in [-0.39, 0.29) is 5.69 Å². The second-order valence-electron chi connectivity index (χ2n) is 4.30. The number of benzene rings is 1. The highest BCUT2D eigenvalue weighted by atomic mass is 79.9. The summed E-state index contributed by atoms with van der Waals surface area (Å²) in [5.41, 5.74) is 0.451. The number of nitrogens with zero attached hydrogens (tertiary/aromatic N) is 1. The Balaban J connectivity index is 2.21. The van der Waals surface area contributed by atoms with Crippen molar-refractivity contribution in [3.8, 4) is 5.75 Å². The number of hydrogen-bond donors (Lipinski definition) is 1. The molecule has 21 heavy (non-hydrogen) atoms. The third kappa shape index (κ3) is 3.95. The monoisotopic (exact) mass is 370 g/mol. The van der Waals surface area contributed by atoms with Gasteiger partial charge in [0.25, 0.3) is 0 Å². The Hall–Kier alpha value is -1.60. The molecule has 5 nitrogen and oxygen atoms in total. The third-order valence-electron chi connectivity index (χ3n) is 2.77. The highest BCUT2D eigenvalue weighted by Gasteiger charge is 2.21. The number of rotatable bonds is 7. The van der Waals surface area contributed by atoms with Crippen LogP contribution in [0.2, 0.25) is 0 Å². The van der Waals surface area contributed by atoms with Gasteiger partial charge in [0, 0.05) is 9.35 Å². The van der Waals surface area contributed by atoms with Gasteiger partial charge in [0.15, 0.2) is 5.75 Å². The molecule has 0 saturated carbocycles. The summed E-state index contributed by atoms with van der Waals surface area (Å²) in [6, 6.07) is 7.03. The first-order chi connectivity index (χ1) is 10.1. The molecule has 0 fully saturated rings. The first-order valence-corrected chi connectivity index (χ1v) is 8.16. The first kappa shape index (κ1) is 15.8. The first-order valence-electron chi connectivity index (χ1n) is 6.49. The van der Waals surface area contributed by atoms with Gasteiger partial charge in [-0.25, -0.2) is 0 Å². The summed E-state index contributed by atoms with van der Waals surface area (Å²) in [4.78, 5) is 12.0. The lowest BCUT2D eigenvalue weighted by Crippen LogP contribution is -2.05. The standard InChI is InChI=1S/C14H15BrN2O3S/c1-2-7-20-12-5-3-4-11(14(12)17(18)19)16-9-13-10(15)6-8-21-13/h3-6,8,16H,2,7,9H2,1H3. The highest BCUT2D eigenvalue weighted by Crippen LogP contribution is 2.35. The van der Waals surface area contributed by atoms with Crippen LogP contribution < -0.4 is 10.1 Å². The number of anilines is 1. The Labute approximate surface area is 135 Å². The number of nitrogens with one attached hydrogen (secondary N) is 1. The molecule has 2 rings (SSSR count). The van der Waals surface area contributed by atoms with Crippen molar-refractivity contribution in [1.29, 1.82) is 0 Å². The van der Waals surface area contributed by atoms with Crippen molar-refractivity contribution >= 4 is 38.6 Å². The zero-order chi connectivity index (χ0) is 15.2. The molecular formula is C14H15BrN2O3S. The maximum absolute atomic E-state index is 11.3. The van der Waals surface area contributed by atoms with Crippen LogP contribution in [0, 0.1) is 10.1 Å². The summed E-state index contributed by atoms with van der Waals surface area (Å²) in [6.07, 6.45) is 0.803. The Morgan fingerprint density at radius 3 is 2.86 bits per heavy atom. The Morgan fingerprint density at radius 1 is 1.43 bits per heavy atom. The smallest absolute Gasteiger partial charge is 0.333 e. The van der Waals surface area contributed by atoms with Gasteiger partial charge in [-0.1, -0.05) is 13.0 Å².